The highest BCUT2D eigenvalue weighted by Crippen LogP contribution is 2.36. The zero-order chi connectivity index (χ0) is 20.3. The molecule has 2 aromatic carbocycles. The van der Waals surface area contributed by atoms with Crippen molar-refractivity contribution in [2.75, 3.05) is 34.5 Å². The van der Waals surface area contributed by atoms with Crippen LogP contribution in [-0.2, 0) is 21.3 Å². The maximum absolute atomic E-state index is 13.3. The van der Waals surface area contributed by atoms with Gasteiger partial charge in [-0.25, -0.2) is 8.42 Å². The van der Waals surface area contributed by atoms with Crippen LogP contribution >= 0.6 is 15.9 Å². The molecule has 2 aromatic rings. The third-order valence-corrected chi connectivity index (χ3v) is 6.77. The van der Waals surface area contributed by atoms with Crippen LogP contribution in [0.5, 0.6) is 17.2 Å². The van der Waals surface area contributed by atoms with E-state index >= 15 is 0 Å². The van der Waals surface area contributed by atoms with E-state index in [0.717, 1.165) is 4.47 Å². The minimum atomic E-state index is -3.75. The van der Waals surface area contributed by atoms with E-state index in [1.807, 2.05) is 0 Å². The standard InChI is InChI=1S/C19H22BrNO6S/c1-24-14-8-18(25-2)17(19(9-14)26-3)11-21(10-15-12-27-15)28(22,23)16-6-4-13(20)5-7-16/h4-9,15H,10-12H2,1-3H3/t15-/m0/s1. The fraction of sp³-hybridized carbons (Fsp3) is 0.368. The van der Waals surface area contributed by atoms with E-state index in [1.54, 1.807) is 43.5 Å². The van der Waals surface area contributed by atoms with Gasteiger partial charge in [0.25, 0.3) is 0 Å². The van der Waals surface area contributed by atoms with E-state index in [0.29, 0.717) is 29.4 Å². The van der Waals surface area contributed by atoms with Crippen molar-refractivity contribution in [1.82, 2.24) is 4.31 Å². The van der Waals surface area contributed by atoms with Gasteiger partial charge in [-0.05, 0) is 24.3 Å². The van der Waals surface area contributed by atoms with Crippen LogP contribution in [0.25, 0.3) is 0 Å². The Kier molecular flexibility index (Phi) is 6.49. The predicted molar refractivity (Wildman–Crippen MR) is 108 cm³/mol. The van der Waals surface area contributed by atoms with Crippen LogP contribution < -0.4 is 14.2 Å². The molecule has 0 N–H and O–H groups in total. The van der Waals surface area contributed by atoms with Gasteiger partial charge in [-0.15, -0.1) is 0 Å². The molecule has 0 bridgehead atoms. The summed E-state index contributed by atoms with van der Waals surface area (Å²) >= 11 is 3.33. The van der Waals surface area contributed by atoms with Crippen molar-refractivity contribution in [2.24, 2.45) is 0 Å². The first-order chi connectivity index (χ1) is 13.4. The summed E-state index contributed by atoms with van der Waals surface area (Å²) < 4.78 is 50.2. The number of benzene rings is 2. The van der Waals surface area contributed by atoms with Gasteiger partial charge in [0.2, 0.25) is 10.0 Å². The van der Waals surface area contributed by atoms with Crippen molar-refractivity contribution in [3.05, 3.63) is 46.4 Å². The molecule has 28 heavy (non-hydrogen) atoms. The lowest BCUT2D eigenvalue weighted by atomic mass is 10.1. The smallest absolute Gasteiger partial charge is 0.243 e. The number of epoxide rings is 1. The van der Waals surface area contributed by atoms with E-state index in [-0.39, 0.29) is 24.1 Å². The molecule has 0 radical (unpaired) electrons. The van der Waals surface area contributed by atoms with Crippen LogP contribution in [0.15, 0.2) is 45.8 Å². The van der Waals surface area contributed by atoms with Gasteiger partial charge in [-0.1, -0.05) is 15.9 Å². The van der Waals surface area contributed by atoms with E-state index in [1.165, 1.54) is 18.5 Å². The van der Waals surface area contributed by atoms with Gasteiger partial charge in [-0.3, -0.25) is 0 Å². The number of sulfonamides is 1. The molecule has 0 spiro atoms. The average molecular weight is 472 g/mol. The molecule has 0 amide bonds. The van der Waals surface area contributed by atoms with Gasteiger partial charge in [-0.2, -0.15) is 4.31 Å². The van der Waals surface area contributed by atoms with Gasteiger partial charge in [0.15, 0.2) is 0 Å². The summed E-state index contributed by atoms with van der Waals surface area (Å²) in [5.41, 5.74) is 0.618. The quantitative estimate of drug-likeness (QED) is 0.523. The first-order valence-electron chi connectivity index (χ1n) is 8.55. The highest BCUT2D eigenvalue weighted by atomic mass is 79.9. The summed E-state index contributed by atoms with van der Waals surface area (Å²) in [6.07, 6.45) is -0.111. The number of methoxy groups -OCH3 is 3. The molecule has 7 nitrogen and oxygen atoms in total. The normalized spacial score (nSPS) is 16.1. The molecule has 0 aromatic heterocycles. The molecular weight excluding hydrogens is 450 g/mol. The molecule has 9 heteroatoms. The summed E-state index contributed by atoms with van der Waals surface area (Å²) in [6.45, 7) is 0.870. The Balaban J connectivity index is 2.00. The molecule has 1 aliphatic rings. The maximum Gasteiger partial charge on any atom is 0.243 e. The largest absolute Gasteiger partial charge is 0.496 e. The van der Waals surface area contributed by atoms with E-state index in [4.69, 9.17) is 18.9 Å². The zero-order valence-electron chi connectivity index (χ0n) is 15.8. The van der Waals surface area contributed by atoms with Gasteiger partial charge in [0, 0.05) is 29.7 Å². The molecule has 0 unspecified atom stereocenters. The second-order valence-electron chi connectivity index (χ2n) is 6.22. The molecule has 1 aliphatic heterocycles. The highest BCUT2D eigenvalue weighted by Gasteiger charge is 2.34. The molecule has 3 rings (SSSR count). The fourth-order valence-corrected chi connectivity index (χ4v) is 4.52. The Hall–Kier alpha value is -1.81. The van der Waals surface area contributed by atoms with Gasteiger partial charge in [0.05, 0.1) is 44.5 Å². The number of hydrogen-bond acceptors (Lipinski definition) is 6. The third-order valence-electron chi connectivity index (χ3n) is 4.41. The Labute approximate surface area is 173 Å². The van der Waals surface area contributed by atoms with Crippen molar-refractivity contribution in [1.29, 1.82) is 0 Å². The number of ether oxygens (including phenoxy) is 4. The van der Waals surface area contributed by atoms with Crippen molar-refractivity contribution >= 4 is 26.0 Å². The van der Waals surface area contributed by atoms with Crippen LogP contribution in [0, 0.1) is 0 Å². The van der Waals surface area contributed by atoms with Crippen molar-refractivity contribution in [2.45, 2.75) is 17.5 Å². The first-order valence-corrected chi connectivity index (χ1v) is 10.8. The molecule has 1 fully saturated rings. The van der Waals surface area contributed by atoms with Crippen LogP contribution in [0.4, 0.5) is 0 Å². The van der Waals surface area contributed by atoms with Crippen LogP contribution in [-0.4, -0.2) is 53.3 Å². The lowest BCUT2D eigenvalue weighted by molar-refractivity contribution is 0.317. The molecule has 0 aliphatic carbocycles. The van der Waals surface area contributed by atoms with E-state index < -0.39 is 10.0 Å². The first kappa shape index (κ1) is 20.9. The number of hydrogen-bond donors (Lipinski definition) is 0. The van der Waals surface area contributed by atoms with Crippen LogP contribution in [0.2, 0.25) is 0 Å². The highest BCUT2D eigenvalue weighted by molar-refractivity contribution is 9.10. The Morgan fingerprint density at radius 1 is 1.07 bits per heavy atom. The number of halogens is 1. The minimum absolute atomic E-state index is 0.0780. The monoisotopic (exact) mass is 471 g/mol. The summed E-state index contributed by atoms with van der Waals surface area (Å²) in [5.74, 6) is 1.54. The summed E-state index contributed by atoms with van der Waals surface area (Å²) in [6, 6.07) is 9.96. The van der Waals surface area contributed by atoms with Crippen molar-refractivity contribution < 1.29 is 27.4 Å². The van der Waals surface area contributed by atoms with Gasteiger partial charge < -0.3 is 18.9 Å². The van der Waals surface area contributed by atoms with E-state index in [2.05, 4.69) is 15.9 Å². The molecule has 1 atom stereocenters. The minimum Gasteiger partial charge on any atom is -0.496 e. The SMILES string of the molecule is COc1cc(OC)c(CN(C[C@H]2CO2)S(=O)(=O)c2ccc(Br)cc2)c(OC)c1. The predicted octanol–water partition coefficient (Wildman–Crippen LogP) is 3.06. The average Bonchev–Trinajstić information content (AvgIpc) is 3.51. The summed E-state index contributed by atoms with van der Waals surface area (Å²) in [5, 5.41) is 0. The van der Waals surface area contributed by atoms with E-state index in [9.17, 15) is 8.42 Å². The molecule has 152 valence electrons. The molecule has 1 saturated heterocycles. The van der Waals surface area contributed by atoms with Crippen molar-refractivity contribution in [3.8, 4) is 17.2 Å². The lowest BCUT2D eigenvalue weighted by Crippen LogP contribution is -2.34. The second-order valence-corrected chi connectivity index (χ2v) is 9.07. The van der Waals surface area contributed by atoms with Crippen molar-refractivity contribution in [3.63, 3.8) is 0 Å². The van der Waals surface area contributed by atoms with Gasteiger partial charge in [0.1, 0.15) is 17.2 Å². The fourth-order valence-electron chi connectivity index (χ4n) is 2.81. The zero-order valence-corrected chi connectivity index (χ0v) is 18.2. The Morgan fingerprint density at radius 3 is 2.11 bits per heavy atom. The lowest BCUT2D eigenvalue weighted by Gasteiger charge is -2.24. The summed E-state index contributed by atoms with van der Waals surface area (Å²) in [4.78, 5) is 0.211. The molecular formula is C19H22BrNO6S. The van der Waals surface area contributed by atoms with Gasteiger partial charge >= 0.3 is 0 Å². The second kappa shape index (κ2) is 8.69. The Morgan fingerprint density at radius 2 is 1.64 bits per heavy atom. The maximum atomic E-state index is 13.3. The summed E-state index contributed by atoms with van der Waals surface area (Å²) in [7, 11) is 0.844. The van der Waals surface area contributed by atoms with Crippen LogP contribution in [0.3, 0.4) is 0 Å². The van der Waals surface area contributed by atoms with Crippen LogP contribution in [0.1, 0.15) is 5.56 Å². The Bertz CT molecular complexity index is 903. The third kappa shape index (κ3) is 4.60. The molecule has 1 heterocycles. The molecule has 0 saturated carbocycles. The topological polar surface area (TPSA) is 77.6 Å². The number of rotatable bonds is 9. The number of nitrogens with zero attached hydrogens (tertiary/aromatic N) is 1.